The molecule has 0 bridgehead atoms. The van der Waals surface area contributed by atoms with Gasteiger partial charge < -0.3 is 0 Å². The standard InChI is InChI=1S/C7H8BrClN2OS/c1-2-13(12)11-7-3-6(9)5(8)4-10-7/h3-4H,2H2,1H3,(H,10,11). The molecule has 72 valence electrons. The van der Waals surface area contributed by atoms with Gasteiger partial charge in [-0.05, 0) is 15.9 Å². The number of aromatic nitrogens is 1. The first kappa shape index (κ1) is 10.9. The summed E-state index contributed by atoms with van der Waals surface area (Å²) in [4.78, 5) is 3.99. The average Bonchev–Trinajstić information content (AvgIpc) is 2.11. The molecule has 1 unspecified atom stereocenters. The Morgan fingerprint density at radius 2 is 2.46 bits per heavy atom. The SMILES string of the molecule is CCS(=O)Nc1cc(Cl)c(Br)cn1. The lowest BCUT2D eigenvalue weighted by Gasteiger charge is -2.03. The van der Waals surface area contributed by atoms with Crippen LogP contribution in [0.25, 0.3) is 0 Å². The number of nitrogens with zero attached hydrogens (tertiary/aromatic N) is 1. The second-order valence-electron chi connectivity index (χ2n) is 2.22. The number of anilines is 1. The van der Waals surface area contributed by atoms with Crippen molar-refractivity contribution < 1.29 is 4.21 Å². The van der Waals surface area contributed by atoms with Crippen LogP contribution in [0.5, 0.6) is 0 Å². The third kappa shape index (κ3) is 3.25. The fraction of sp³-hybridized carbons (Fsp3) is 0.286. The molecule has 0 amide bonds. The first-order valence-electron chi connectivity index (χ1n) is 3.59. The fourth-order valence-electron chi connectivity index (χ4n) is 0.659. The van der Waals surface area contributed by atoms with Crippen LogP contribution < -0.4 is 4.72 Å². The summed E-state index contributed by atoms with van der Waals surface area (Å²) in [5.74, 6) is 1.06. The van der Waals surface area contributed by atoms with Gasteiger partial charge in [0.1, 0.15) is 16.8 Å². The molecule has 1 aromatic heterocycles. The van der Waals surface area contributed by atoms with Gasteiger partial charge in [-0.25, -0.2) is 9.19 Å². The minimum absolute atomic E-state index is 0.522. The molecule has 1 N–H and O–H groups in total. The van der Waals surface area contributed by atoms with Crippen LogP contribution in [0.15, 0.2) is 16.7 Å². The predicted molar refractivity (Wildman–Crippen MR) is 59.3 cm³/mol. The first-order chi connectivity index (χ1) is 6.13. The van der Waals surface area contributed by atoms with E-state index < -0.39 is 11.0 Å². The van der Waals surface area contributed by atoms with E-state index in [0.717, 1.165) is 4.47 Å². The highest BCUT2D eigenvalue weighted by Crippen LogP contribution is 2.23. The second kappa shape index (κ2) is 4.93. The summed E-state index contributed by atoms with van der Waals surface area (Å²) in [5, 5.41) is 0.547. The van der Waals surface area contributed by atoms with Crippen molar-refractivity contribution in [3.8, 4) is 0 Å². The Morgan fingerprint density at radius 1 is 1.77 bits per heavy atom. The van der Waals surface area contributed by atoms with Gasteiger partial charge in [0.15, 0.2) is 0 Å². The maximum absolute atomic E-state index is 11.1. The van der Waals surface area contributed by atoms with Gasteiger partial charge in [0, 0.05) is 18.0 Å². The Kier molecular flexibility index (Phi) is 4.15. The average molecular weight is 284 g/mol. The van der Waals surface area contributed by atoms with Crippen LogP contribution in [0.1, 0.15) is 6.92 Å². The molecule has 0 saturated carbocycles. The third-order valence-corrected chi connectivity index (χ3v) is 3.42. The highest BCUT2D eigenvalue weighted by Gasteiger charge is 2.01. The van der Waals surface area contributed by atoms with Crippen molar-refractivity contribution in [1.82, 2.24) is 4.98 Å². The Balaban J connectivity index is 2.79. The van der Waals surface area contributed by atoms with Crippen molar-refractivity contribution in [1.29, 1.82) is 0 Å². The molecular formula is C7H8BrClN2OS. The summed E-state index contributed by atoms with van der Waals surface area (Å²) in [6.07, 6.45) is 1.57. The Hall–Kier alpha value is -0.130. The predicted octanol–water partition coefficient (Wildman–Crippen LogP) is 2.59. The summed E-state index contributed by atoms with van der Waals surface area (Å²) in [6, 6.07) is 1.62. The molecule has 0 aromatic carbocycles. The zero-order valence-corrected chi connectivity index (χ0v) is 10.0. The smallest absolute Gasteiger partial charge is 0.139 e. The molecule has 0 fully saturated rings. The number of pyridine rings is 1. The van der Waals surface area contributed by atoms with E-state index in [4.69, 9.17) is 11.6 Å². The number of nitrogens with one attached hydrogen (secondary N) is 1. The van der Waals surface area contributed by atoms with Gasteiger partial charge in [-0.1, -0.05) is 18.5 Å². The van der Waals surface area contributed by atoms with Crippen LogP contribution in [0, 0.1) is 0 Å². The van der Waals surface area contributed by atoms with Crippen LogP contribution in [0.4, 0.5) is 5.82 Å². The van der Waals surface area contributed by atoms with E-state index in [1.807, 2.05) is 6.92 Å². The van der Waals surface area contributed by atoms with E-state index in [2.05, 4.69) is 25.6 Å². The van der Waals surface area contributed by atoms with Crippen molar-refractivity contribution in [3.05, 3.63) is 21.8 Å². The number of halogens is 2. The molecule has 0 aliphatic rings. The molecule has 0 radical (unpaired) electrons. The van der Waals surface area contributed by atoms with Crippen LogP contribution in [0.2, 0.25) is 5.02 Å². The molecule has 1 rings (SSSR count). The van der Waals surface area contributed by atoms with Crippen molar-refractivity contribution >= 4 is 44.3 Å². The van der Waals surface area contributed by atoms with Crippen LogP contribution in [-0.2, 0) is 11.0 Å². The molecular weight excluding hydrogens is 276 g/mol. The van der Waals surface area contributed by atoms with Gasteiger partial charge >= 0.3 is 0 Å². The van der Waals surface area contributed by atoms with Crippen LogP contribution in [0.3, 0.4) is 0 Å². The molecule has 6 heteroatoms. The zero-order valence-electron chi connectivity index (χ0n) is 6.88. The van der Waals surface area contributed by atoms with E-state index in [-0.39, 0.29) is 0 Å². The lowest BCUT2D eigenvalue weighted by atomic mass is 10.5. The Labute approximate surface area is 92.6 Å². The van der Waals surface area contributed by atoms with Gasteiger partial charge in [0.2, 0.25) is 0 Å². The quantitative estimate of drug-likeness (QED) is 0.926. The molecule has 13 heavy (non-hydrogen) atoms. The zero-order chi connectivity index (χ0) is 9.84. The second-order valence-corrected chi connectivity index (χ2v) is 4.95. The lowest BCUT2D eigenvalue weighted by molar-refractivity contribution is 0.687. The molecule has 0 saturated heterocycles. The first-order valence-corrected chi connectivity index (χ1v) is 6.08. The third-order valence-electron chi connectivity index (χ3n) is 1.29. The van der Waals surface area contributed by atoms with Crippen molar-refractivity contribution in [2.75, 3.05) is 10.5 Å². The highest BCUT2D eigenvalue weighted by molar-refractivity contribution is 9.10. The van der Waals surface area contributed by atoms with E-state index in [9.17, 15) is 4.21 Å². The summed E-state index contributed by atoms with van der Waals surface area (Å²) in [5.41, 5.74) is 0. The number of rotatable bonds is 3. The molecule has 0 aliphatic carbocycles. The van der Waals surface area contributed by atoms with Crippen molar-refractivity contribution in [2.24, 2.45) is 0 Å². The normalized spacial score (nSPS) is 12.5. The van der Waals surface area contributed by atoms with E-state index in [1.165, 1.54) is 0 Å². The summed E-state index contributed by atoms with van der Waals surface area (Å²) >= 11 is 9.03. The Morgan fingerprint density at radius 3 is 3.00 bits per heavy atom. The molecule has 1 heterocycles. The van der Waals surface area contributed by atoms with E-state index in [1.54, 1.807) is 12.3 Å². The maximum Gasteiger partial charge on any atom is 0.139 e. The maximum atomic E-state index is 11.1. The largest absolute Gasteiger partial charge is 0.289 e. The van der Waals surface area contributed by atoms with Crippen molar-refractivity contribution in [3.63, 3.8) is 0 Å². The fourth-order valence-corrected chi connectivity index (χ4v) is 1.52. The van der Waals surface area contributed by atoms with Gasteiger partial charge in [-0.2, -0.15) is 0 Å². The highest BCUT2D eigenvalue weighted by atomic mass is 79.9. The van der Waals surface area contributed by atoms with Crippen LogP contribution >= 0.6 is 27.5 Å². The summed E-state index contributed by atoms with van der Waals surface area (Å²) in [6.45, 7) is 1.82. The molecule has 3 nitrogen and oxygen atoms in total. The summed E-state index contributed by atoms with van der Waals surface area (Å²) < 4.78 is 14.5. The van der Waals surface area contributed by atoms with E-state index >= 15 is 0 Å². The van der Waals surface area contributed by atoms with Gasteiger partial charge in [-0.3, -0.25) is 4.72 Å². The number of hydrogen-bond acceptors (Lipinski definition) is 2. The van der Waals surface area contributed by atoms with E-state index in [0.29, 0.717) is 16.6 Å². The summed E-state index contributed by atoms with van der Waals surface area (Å²) in [7, 11) is -1.08. The number of hydrogen-bond donors (Lipinski definition) is 1. The lowest BCUT2D eigenvalue weighted by Crippen LogP contribution is -2.07. The van der Waals surface area contributed by atoms with Gasteiger partial charge in [0.05, 0.1) is 9.50 Å². The molecule has 1 aromatic rings. The van der Waals surface area contributed by atoms with Gasteiger partial charge in [0.25, 0.3) is 0 Å². The minimum atomic E-state index is -1.08. The molecule has 0 spiro atoms. The minimum Gasteiger partial charge on any atom is -0.289 e. The Bertz CT molecular complexity index is 334. The van der Waals surface area contributed by atoms with Crippen LogP contribution in [-0.4, -0.2) is 14.9 Å². The van der Waals surface area contributed by atoms with Crippen molar-refractivity contribution in [2.45, 2.75) is 6.92 Å². The molecule has 0 aliphatic heterocycles. The monoisotopic (exact) mass is 282 g/mol. The van der Waals surface area contributed by atoms with Gasteiger partial charge in [-0.15, -0.1) is 0 Å². The molecule has 1 atom stereocenters. The topological polar surface area (TPSA) is 42.0 Å².